The molecule has 1 aromatic carbocycles. The molecule has 102 valence electrons. The van der Waals surface area contributed by atoms with E-state index in [2.05, 4.69) is 0 Å². The third-order valence-corrected chi connectivity index (χ3v) is 3.45. The van der Waals surface area contributed by atoms with Crippen molar-refractivity contribution >= 4 is 16.7 Å². The number of benzene rings is 1. The van der Waals surface area contributed by atoms with Crippen molar-refractivity contribution in [3.8, 4) is 5.88 Å². The van der Waals surface area contributed by atoms with Gasteiger partial charge in [-0.05, 0) is 24.5 Å². The summed E-state index contributed by atoms with van der Waals surface area (Å²) in [6.45, 7) is 5.84. The Kier molecular flexibility index (Phi) is 3.51. The first kappa shape index (κ1) is 13.5. The van der Waals surface area contributed by atoms with Crippen LogP contribution in [0.25, 0.3) is 10.8 Å². The monoisotopic (exact) mass is 261 g/mol. The highest BCUT2D eigenvalue weighted by atomic mass is 16.5. The number of aryl methyl sites for hydroxylation is 1. The summed E-state index contributed by atoms with van der Waals surface area (Å²) in [6, 6.07) is 5.21. The zero-order valence-corrected chi connectivity index (χ0v) is 11.7. The number of fused-ring (bicyclic) bond motifs is 1. The zero-order valence-electron chi connectivity index (χ0n) is 11.7. The van der Waals surface area contributed by atoms with E-state index in [1.807, 2.05) is 45.2 Å². The van der Waals surface area contributed by atoms with Crippen LogP contribution < -0.4 is 0 Å². The predicted octanol–water partition coefficient (Wildman–Crippen LogP) is 3.03. The van der Waals surface area contributed by atoms with Crippen molar-refractivity contribution in [1.82, 2.24) is 4.57 Å². The first-order chi connectivity index (χ1) is 8.97. The first-order valence-corrected chi connectivity index (χ1v) is 6.34. The average molecular weight is 261 g/mol. The quantitative estimate of drug-likeness (QED) is 0.864. The van der Waals surface area contributed by atoms with Crippen LogP contribution in [0.2, 0.25) is 0 Å². The predicted molar refractivity (Wildman–Crippen MR) is 74.2 cm³/mol. The highest BCUT2D eigenvalue weighted by Gasteiger charge is 2.27. The number of esters is 1. The number of carbonyl (C=O) groups excluding carboxylic acids is 1. The van der Waals surface area contributed by atoms with Gasteiger partial charge in [0.15, 0.2) is 5.88 Å². The number of rotatable bonds is 3. The van der Waals surface area contributed by atoms with E-state index in [-0.39, 0.29) is 17.8 Å². The summed E-state index contributed by atoms with van der Waals surface area (Å²) in [6.07, 6.45) is 1.82. The molecule has 0 saturated heterocycles. The second kappa shape index (κ2) is 4.96. The Hall–Kier alpha value is -1.97. The molecule has 0 aliphatic heterocycles. The minimum absolute atomic E-state index is 0.0282. The molecule has 0 spiro atoms. The lowest BCUT2D eigenvalue weighted by molar-refractivity contribution is -0.146. The van der Waals surface area contributed by atoms with Gasteiger partial charge in [0.05, 0.1) is 7.11 Å². The number of methoxy groups -OCH3 is 1. The normalized spacial score (nSPS) is 12.9. The molecule has 0 radical (unpaired) electrons. The lowest BCUT2D eigenvalue weighted by atomic mass is 10.0. The molecule has 1 atom stereocenters. The van der Waals surface area contributed by atoms with Crippen LogP contribution >= 0.6 is 0 Å². The molecule has 0 fully saturated rings. The Balaban J connectivity index is 2.64. The Bertz CT molecular complexity index is 613. The van der Waals surface area contributed by atoms with Gasteiger partial charge in [0, 0.05) is 17.0 Å². The van der Waals surface area contributed by atoms with Crippen LogP contribution in [0.1, 0.15) is 25.5 Å². The maximum Gasteiger partial charge on any atom is 0.329 e. The molecule has 0 saturated carbocycles. The first-order valence-electron chi connectivity index (χ1n) is 6.34. The molecule has 0 bridgehead atoms. The lowest BCUT2D eigenvalue weighted by Gasteiger charge is -2.20. The Labute approximate surface area is 112 Å². The van der Waals surface area contributed by atoms with Gasteiger partial charge in [-0.3, -0.25) is 0 Å². The second-order valence-electron chi connectivity index (χ2n) is 5.11. The maximum atomic E-state index is 11.9. The van der Waals surface area contributed by atoms with Crippen molar-refractivity contribution in [3.63, 3.8) is 0 Å². The van der Waals surface area contributed by atoms with Crippen molar-refractivity contribution in [1.29, 1.82) is 0 Å². The van der Waals surface area contributed by atoms with Crippen LogP contribution in [0.4, 0.5) is 0 Å². The summed E-state index contributed by atoms with van der Waals surface area (Å²) >= 11 is 0. The summed E-state index contributed by atoms with van der Waals surface area (Å²) in [7, 11) is 1.36. The Morgan fingerprint density at radius 3 is 2.53 bits per heavy atom. The molecule has 0 unspecified atom stereocenters. The highest BCUT2D eigenvalue weighted by Crippen LogP contribution is 2.34. The van der Waals surface area contributed by atoms with Crippen molar-refractivity contribution < 1.29 is 14.6 Å². The van der Waals surface area contributed by atoms with Crippen LogP contribution in [0, 0.1) is 12.8 Å². The van der Waals surface area contributed by atoms with Crippen molar-refractivity contribution in [2.75, 3.05) is 7.11 Å². The molecule has 0 aliphatic carbocycles. The van der Waals surface area contributed by atoms with Crippen LogP contribution in [0.5, 0.6) is 5.88 Å². The standard InChI is InChI=1S/C15H19NO3/c1-9(2)13(15(18)19-4)16-8-12-10(3)6-5-7-11(12)14(16)17/h5-9,13,17H,1-4H3/t13-/m0/s1. The van der Waals surface area contributed by atoms with Crippen LogP contribution in [-0.4, -0.2) is 22.8 Å². The van der Waals surface area contributed by atoms with Gasteiger partial charge >= 0.3 is 5.97 Å². The number of nitrogens with zero attached hydrogens (tertiary/aromatic N) is 1. The minimum Gasteiger partial charge on any atom is -0.494 e. The van der Waals surface area contributed by atoms with E-state index in [1.54, 1.807) is 4.57 Å². The summed E-state index contributed by atoms with van der Waals surface area (Å²) in [4.78, 5) is 11.9. The fraction of sp³-hybridized carbons (Fsp3) is 0.400. The van der Waals surface area contributed by atoms with E-state index < -0.39 is 6.04 Å². The van der Waals surface area contributed by atoms with Gasteiger partial charge in [-0.15, -0.1) is 0 Å². The molecule has 2 rings (SSSR count). The fourth-order valence-electron chi connectivity index (χ4n) is 2.43. The number of carbonyl (C=O) groups is 1. The third kappa shape index (κ3) is 2.18. The Morgan fingerprint density at radius 1 is 1.32 bits per heavy atom. The van der Waals surface area contributed by atoms with E-state index >= 15 is 0 Å². The molecule has 1 N–H and O–H groups in total. The van der Waals surface area contributed by atoms with Gasteiger partial charge < -0.3 is 14.4 Å². The van der Waals surface area contributed by atoms with Gasteiger partial charge in [-0.2, -0.15) is 0 Å². The SMILES string of the molecule is COC(=O)[C@H](C(C)C)n1cc2c(C)cccc2c1O. The van der Waals surface area contributed by atoms with E-state index in [1.165, 1.54) is 7.11 Å². The number of hydrogen-bond acceptors (Lipinski definition) is 3. The van der Waals surface area contributed by atoms with Gasteiger partial charge in [-0.1, -0.05) is 26.0 Å². The molecular weight excluding hydrogens is 242 g/mol. The second-order valence-corrected chi connectivity index (χ2v) is 5.11. The van der Waals surface area contributed by atoms with Crippen molar-refractivity contribution in [3.05, 3.63) is 30.0 Å². The van der Waals surface area contributed by atoms with Gasteiger partial charge in [0.25, 0.3) is 0 Å². The van der Waals surface area contributed by atoms with E-state index in [0.717, 1.165) is 16.3 Å². The van der Waals surface area contributed by atoms with E-state index in [4.69, 9.17) is 4.74 Å². The van der Waals surface area contributed by atoms with Crippen LogP contribution in [0.15, 0.2) is 24.4 Å². The number of aromatic nitrogens is 1. The molecular formula is C15H19NO3. The molecule has 1 aromatic heterocycles. The molecule has 0 aliphatic rings. The minimum atomic E-state index is -0.517. The van der Waals surface area contributed by atoms with Gasteiger partial charge in [0.1, 0.15) is 6.04 Å². The van der Waals surface area contributed by atoms with Gasteiger partial charge in [-0.25, -0.2) is 4.79 Å². The summed E-state index contributed by atoms with van der Waals surface area (Å²) in [5.74, 6) is -0.202. The molecule has 0 amide bonds. The molecule has 4 heteroatoms. The summed E-state index contributed by atoms with van der Waals surface area (Å²) in [5, 5.41) is 12.0. The highest BCUT2D eigenvalue weighted by molar-refractivity contribution is 5.91. The summed E-state index contributed by atoms with van der Waals surface area (Å²) < 4.78 is 6.44. The van der Waals surface area contributed by atoms with E-state index in [0.29, 0.717) is 0 Å². The summed E-state index contributed by atoms with van der Waals surface area (Å²) in [5.41, 5.74) is 1.07. The van der Waals surface area contributed by atoms with Crippen LogP contribution in [0.3, 0.4) is 0 Å². The molecule has 2 aromatic rings. The third-order valence-electron chi connectivity index (χ3n) is 3.45. The van der Waals surface area contributed by atoms with Gasteiger partial charge in [0.2, 0.25) is 0 Å². The largest absolute Gasteiger partial charge is 0.494 e. The van der Waals surface area contributed by atoms with Crippen molar-refractivity contribution in [2.45, 2.75) is 26.8 Å². The number of ether oxygens (including phenoxy) is 1. The number of aromatic hydroxyl groups is 1. The molecule has 19 heavy (non-hydrogen) atoms. The lowest BCUT2D eigenvalue weighted by Crippen LogP contribution is -2.24. The fourth-order valence-corrected chi connectivity index (χ4v) is 2.43. The Morgan fingerprint density at radius 2 is 2.00 bits per heavy atom. The van der Waals surface area contributed by atoms with Crippen LogP contribution in [-0.2, 0) is 9.53 Å². The maximum absolute atomic E-state index is 11.9. The smallest absolute Gasteiger partial charge is 0.329 e. The zero-order chi connectivity index (χ0) is 14.2. The molecule has 1 heterocycles. The average Bonchev–Trinajstić information content (AvgIpc) is 2.69. The van der Waals surface area contributed by atoms with Crippen molar-refractivity contribution in [2.24, 2.45) is 5.92 Å². The molecule has 4 nitrogen and oxygen atoms in total. The number of hydrogen-bond donors (Lipinski definition) is 1. The van der Waals surface area contributed by atoms with E-state index in [9.17, 15) is 9.90 Å². The topological polar surface area (TPSA) is 51.5 Å².